The number of halogens is 1. The maximum absolute atomic E-state index is 11.9. The zero-order chi connectivity index (χ0) is 12.4. The van der Waals surface area contributed by atoms with Gasteiger partial charge in [-0.25, -0.2) is 0 Å². The van der Waals surface area contributed by atoms with Crippen molar-refractivity contribution >= 4 is 27.5 Å². The minimum absolute atomic E-state index is 0.163. The molecule has 0 aliphatic rings. The molecular formula is C12H12BrN3O. The number of rotatable bonds is 2. The van der Waals surface area contributed by atoms with E-state index in [1.54, 1.807) is 24.1 Å². The fourth-order valence-corrected chi connectivity index (χ4v) is 1.84. The third-order valence-corrected chi connectivity index (χ3v) is 3.46. The Labute approximate surface area is 108 Å². The molecule has 2 rings (SSSR count). The molecule has 1 heterocycles. The lowest BCUT2D eigenvalue weighted by Crippen LogP contribution is -2.11. The van der Waals surface area contributed by atoms with E-state index >= 15 is 0 Å². The van der Waals surface area contributed by atoms with Gasteiger partial charge in [-0.3, -0.25) is 9.48 Å². The highest BCUT2D eigenvalue weighted by atomic mass is 79.9. The molecule has 0 radical (unpaired) electrons. The fourth-order valence-electron chi connectivity index (χ4n) is 1.48. The topological polar surface area (TPSA) is 46.9 Å². The molecule has 17 heavy (non-hydrogen) atoms. The molecule has 0 saturated heterocycles. The molecule has 2 aromatic rings. The van der Waals surface area contributed by atoms with Crippen LogP contribution in [-0.4, -0.2) is 15.7 Å². The molecule has 0 atom stereocenters. The standard InChI is InChI=1S/C12H12BrN3O/c1-8-4-3-5-10(11(8)13)15-12(17)9-6-14-16(2)7-9/h3-7H,1-2H3,(H,15,17). The Morgan fingerprint density at radius 2 is 2.24 bits per heavy atom. The van der Waals surface area contributed by atoms with Gasteiger partial charge in [0.25, 0.3) is 5.91 Å². The molecule has 0 aliphatic carbocycles. The number of benzene rings is 1. The second kappa shape index (κ2) is 4.71. The Hall–Kier alpha value is -1.62. The number of hydrogen-bond donors (Lipinski definition) is 1. The van der Waals surface area contributed by atoms with Crippen molar-refractivity contribution in [2.24, 2.45) is 7.05 Å². The van der Waals surface area contributed by atoms with Crippen molar-refractivity contribution in [2.45, 2.75) is 6.92 Å². The summed E-state index contributed by atoms with van der Waals surface area (Å²) in [5.41, 5.74) is 2.38. The molecule has 0 saturated carbocycles. The van der Waals surface area contributed by atoms with Crippen LogP contribution in [0.5, 0.6) is 0 Å². The van der Waals surface area contributed by atoms with Crippen LogP contribution in [0.25, 0.3) is 0 Å². The highest BCUT2D eigenvalue weighted by Crippen LogP contribution is 2.26. The Morgan fingerprint density at radius 3 is 2.88 bits per heavy atom. The second-order valence-corrected chi connectivity index (χ2v) is 4.59. The zero-order valence-corrected chi connectivity index (χ0v) is 11.2. The van der Waals surface area contributed by atoms with E-state index in [2.05, 4.69) is 26.3 Å². The van der Waals surface area contributed by atoms with E-state index in [-0.39, 0.29) is 5.91 Å². The number of carbonyl (C=O) groups excluding carboxylic acids is 1. The minimum atomic E-state index is -0.163. The first-order chi connectivity index (χ1) is 8.08. The molecule has 0 aliphatic heterocycles. The first-order valence-electron chi connectivity index (χ1n) is 5.13. The summed E-state index contributed by atoms with van der Waals surface area (Å²) in [6.07, 6.45) is 3.22. The van der Waals surface area contributed by atoms with Gasteiger partial charge in [-0.2, -0.15) is 5.10 Å². The van der Waals surface area contributed by atoms with Crippen molar-refractivity contribution < 1.29 is 4.79 Å². The number of aromatic nitrogens is 2. The zero-order valence-electron chi connectivity index (χ0n) is 9.57. The predicted molar refractivity (Wildman–Crippen MR) is 70.0 cm³/mol. The van der Waals surface area contributed by atoms with Gasteiger partial charge in [0.1, 0.15) is 0 Å². The van der Waals surface area contributed by atoms with Crippen LogP contribution in [0.2, 0.25) is 0 Å². The van der Waals surface area contributed by atoms with Crippen molar-refractivity contribution in [2.75, 3.05) is 5.32 Å². The van der Waals surface area contributed by atoms with Crippen molar-refractivity contribution in [3.05, 3.63) is 46.2 Å². The number of nitrogens with zero attached hydrogens (tertiary/aromatic N) is 2. The molecule has 1 aromatic heterocycles. The monoisotopic (exact) mass is 293 g/mol. The van der Waals surface area contributed by atoms with Crippen LogP contribution < -0.4 is 5.32 Å². The van der Waals surface area contributed by atoms with Crippen molar-refractivity contribution in [3.8, 4) is 0 Å². The lowest BCUT2D eigenvalue weighted by atomic mass is 10.2. The van der Waals surface area contributed by atoms with Crippen LogP contribution in [0.15, 0.2) is 35.1 Å². The Morgan fingerprint density at radius 1 is 1.47 bits per heavy atom. The van der Waals surface area contributed by atoms with E-state index < -0.39 is 0 Å². The molecule has 0 spiro atoms. The van der Waals surface area contributed by atoms with Gasteiger partial charge in [0.15, 0.2) is 0 Å². The summed E-state index contributed by atoms with van der Waals surface area (Å²) in [6, 6.07) is 5.73. The maximum Gasteiger partial charge on any atom is 0.258 e. The van der Waals surface area contributed by atoms with E-state index in [4.69, 9.17) is 0 Å². The van der Waals surface area contributed by atoms with Gasteiger partial charge in [-0.05, 0) is 34.5 Å². The SMILES string of the molecule is Cc1cccc(NC(=O)c2cnn(C)c2)c1Br. The molecule has 0 bridgehead atoms. The van der Waals surface area contributed by atoms with Crippen LogP contribution in [0.1, 0.15) is 15.9 Å². The van der Waals surface area contributed by atoms with Crippen LogP contribution >= 0.6 is 15.9 Å². The summed E-state index contributed by atoms with van der Waals surface area (Å²) >= 11 is 3.45. The van der Waals surface area contributed by atoms with Gasteiger partial charge in [-0.15, -0.1) is 0 Å². The van der Waals surface area contributed by atoms with Gasteiger partial charge in [0, 0.05) is 17.7 Å². The molecule has 1 aromatic carbocycles. The predicted octanol–water partition coefficient (Wildman–Crippen LogP) is 2.74. The molecule has 1 amide bonds. The second-order valence-electron chi connectivity index (χ2n) is 3.79. The van der Waals surface area contributed by atoms with Crippen molar-refractivity contribution in [1.29, 1.82) is 0 Å². The van der Waals surface area contributed by atoms with Crippen LogP contribution in [0.4, 0.5) is 5.69 Å². The summed E-state index contributed by atoms with van der Waals surface area (Å²) in [5.74, 6) is -0.163. The minimum Gasteiger partial charge on any atom is -0.321 e. The van der Waals surface area contributed by atoms with Gasteiger partial charge < -0.3 is 5.32 Å². The van der Waals surface area contributed by atoms with E-state index in [0.717, 1.165) is 15.7 Å². The molecule has 5 heteroatoms. The van der Waals surface area contributed by atoms with E-state index in [9.17, 15) is 4.79 Å². The first kappa shape index (κ1) is 11.9. The Bertz CT molecular complexity index is 563. The van der Waals surface area contributed by atoms with Gasteiger partial charge in [-0.1, -0.05) is 12.1 Å². The molecule has 88 valence electrons. The number of aryl methyl sites for hydroxylation is 2. The maximum atomic E-state index is 11.9. The van der Waals surface area contributed by atoms with Crippen LogP contribution in [-0.2, 0) is 7.05 Å². The lowest BCUT2D eigenvalue weighted by molar-refractivity contribution is 0.102. The largest absolute Gasteiger partial charge is 0.321 e. The number of nitrogens with one attached hydrogen (secondary N) is 1. The average molecular weight is 294 g/mol. The third kappa shape index (κ3) is 2.55. The van der Waals surface area contributed by atoms with Gasteiger partial charge in [0.05, 0.1) is 17.4 Å². The van der Waals surface area contributed by atoms with E-state index in [1.807, 2.05) is 25.1 Å². The number of carbonyl (C=O) groups is 1. The third-order valence-electron chi connectivity index (χ3n) is 2.41. The van der Waals surface area contributed by atoms with Crippen molar-refractivity contribution in [3.63, 3.8) is 0 Å². The molecule has 0 fully saturated rings. The van der Waals surface area contributed by atoms with E-state index in [1.165, 1.54) is 0 Å². The average Bonchev–Trinajstić information content (AvgIpc) is 2.72. The quantitative estimate of drug-likeness (QED) is 0.925. The summed E-state index contributed by atoms with van der Waals surface area (Å²) in [6.45, 7) is 1.98. The summed E-state index contributed by atoms with van der Waals surface area (Å²) < 4.78 is 2.50. The number of anilines is 1. The first-order valence-corrected chi connectivity index (χ1v) is 5.92. The van der Waals surface area contributed by atoms with Crippen LogP contribution in [0, 0.1) is 6.92 Å². The summed E-state index contributed by atoms with van der Waals surface area (Å²) in [7, 11) is 1.78. The number of hydrogen-bond acceptors (Lipinski definition) is 2. The highest BCUT2D eigenvalue weighted by Gasteiger charge is 2.10. The Balaban J connectivity index is 2.21. The molecule has 0 unspecified atom stereocenters. The van der Waals surface area contributed by atoms with E-state index in [0.29, 0.717) is 5.56 Å². The van der Waals surface area contributed by atoms with Gasteiger partial charge in [0.2, 0.25) is 0 Å². The molecule has 1 N–H and O–H groups in total. The highest BCUT2D eigenvalue weighted by molar-refractivity contribution is 9.10. The molecule has 4 nitrogen and oxygen atoms in total. The number of amides is 1. The van der Waals surface area contributed by atoms with Crippen molar-refractivity contribution in [1.82, 2.24) is 9.78 Å². The molecular weight excluding hydrogens is 282 g/mol. The van der Waals surface area contributed by atoms with Gasteiger partial charge >= 0.3 is 0 Å². The normalized spacial score (nSPS) is 10.3. The fraction of sp³-hybridized carbons (Fsp3) is 0.167. The summed E-state index contributed by atoms with van der Waals surface area (Å²) in [4.78, 5) is 11.9. The van der Waals surface area contributed by atoms with Crippen LogP contribution in [0.3, 0.4) is 0 Å². The lowest BCUT2D eigenvalue weighted by Gasteiger charge is -2.07. The smallest absolute Gasteiger partial charge is 0.258 e. The summed E-state index contributed by atoms with van der Waals surface area (Å²) in [5, 5.41) is 6.80. The Kier molecular flexibility index (Phi) is 3.28.